The second-order valence-electron chi connectivity index (χ2n) is 7.15. The molecular formula is C22H21N5O. The Kier molecular flexibility index (Phi) is 4.25. The van der Waals surface area contributed by atoms with E-state index in [-0.39, 0.29) is 0 Å². The van der Waals surface area contributed by atoms with Crippen LogP contribution in [0.5, 0.6) is 11.5 Å². The molecule has 1 aliphatic rings. The van der Waals surface area contributed by atoms with Gasteiger partial charge in [-0.15, -0.1) is 0 Å². The first-order chi connectivity index (χ1) is 13.8. The Hall–Kier alpha value is -3.25. The van der Waals surface area contributed by atoms with E-state index >= 15 is 0 Å². The van der Waals surface area contributed by atoms with Crippen LogP contribution in [0.2, 0.25) is 0 Å². The fourth-order valence-corrected chi connectivity index (χ4v) is 3.56. The molecule has 2 aromatic carbocycles. The lowest BCUT2D eigenvalue weighted by atomic mass is 10.1. The lowest BCUT2D eigenvalue weighted by Crippen LogP contribution is -2.47. The van der Waals surface area contributed by atoms with Crippen LogP contribution in [-0.4, -0.2) is 44.3 Å². The fourth-order valence-electron chi connectivity index (χ4n) is 3.56. The highest BCUT2D eigenvalue weighted by molar-refractivity contribution is 5.90. The van der Waals surface area contributed by atoms with Crippen molar-refractivity contribution in [3.63, 3.8) is 0 Å². The molecule has 140 valence electrons. The first kappa shape index (κ1) is 16.9. The van der Waals surface area contributed by atoms with Crippen molar-refractivity contribution in [3.05, 3.63) is 67.1 Å². The summed E-state index contributed by atoms with van der Waals surface area (Å²) >= 11 is 0. The highest BCUT2D eigenvalue weighted by Gasteiger charge is 2.26. The number of para-hydroxylation sites is 1. The zero-order valence-electron chi connectivity index (χ0n) is 15.7. The van der Waals surface area contributed by atoms with Crippen molar-refractivity contribution in [1.29, 1.82) is 0 Å². The Morgan fingerprint density at radius 2 is 1.82 bits per heavy atom. The van der Waals surface area contributed by atoms with Crippen LogP contribution in [0.1, 0.15) is 6.42 Å². The Morgan fingerprint density at radius 3 is 2.54 bits per heavy atom. The monoisotopic (exact) mass is 371 g/mol. The van der Waals surface area contributed by atoms with Crippen molar-refractivity contribution in [1.82, 2.24) is 24.6 Å². The summed E-state index contributed by atoms with van der Waals surface area (Å²) in [5.74, 6) is 1.62. The van der Waals surface area contributed by atoms with Gasteiger partial charge >= 0.3 is 0 Å². The largest absolute Gasteiger partial charge is 0.457 e. The smallest absolute Gasteiger partial charge is 0.161 e. The second kappa shape index (κ2) is 7.05. The molecule has 6 heteroatoms. The van der Waals surface area contributed by atoms with E-state index in [1.807, 2.05) is 65.5 Å². The van der Waals surface area contributed by atoms with Crippen LogP contribution in [0.3, 0.4) is 0 Å². The lowest BCUT2D eigenvalue weighted by Gasteiger charge is -2.37. The standard InChI is InChI=1S/C22H21N5O/c1-26-12-11-17(26)14-27-22-20(13-23-15-24-22)21(25-27)16-7-9-19(10-8-16)28-18-5-3-2-4-6-18/h2-10,13,15,17H,11-12,14H2,1H3. The van der Waals surface area contributed by atoms with Gasteiger partial charge in [0.05, 0.1) is 11.9 Å². The van der Waals surface area contributed by atoms with Gasteiger partial charge in [-0.05, 0) is 56.4 Å². The number of benzene rings is 2. The highest BCUT2D eigenvalue weighted by atomic mass is 16.5. The molecule has 0 aliphatic carbocycles. The average Bonchev–Trinajstić information content (AvgIpc) is 3.11. The Morgan fingerprint density at radius 1 is 1.04 bits per heavy atom. The summed E-state index contributed by atoms with van der Waals surface area (Å²) in [5.41, 5.74) is 2.82. The van der Waals surface area contributed by atoms with Gasteiger partial charge in [0, 0.05) is 17.8 Å². The molecule has 1 aliphatic heterocycles. The maximum absolute atomic E-state index is 5.89. The topological polar surface area (TPSA) is 56.1 Å². The van der Waals surface area contributed by atoms with Crippen LogP contribution in [0.15, 0.2) is 67.1 Å². The van der Waals surface area contributed by atoms with Gasteiger partial charge in [-0.3, -0.25) is 0 Å². The summed E-state index contributed by atoms with van der Waals surface area (Å²) in [6, 6.07) is 18.3. The number of likely N-dealkylation sites (tertiary alicyclic amines) is 1. The molecule has 0 bridgehead atoms. The van der Waals surface area contributed by atoms with Crippen LogP contribution in [0.25, 0.3) is 22.3 Å². The predicted molar refractivity (Wildman–Crippen MR) is 108 cm³/mol. The first-order valence-corrected chi connectivity index (χ1v) is 9.48. The third-order valence-electron chi connectivity index (χ3n) is 5.34. The van der Waals surface area contributed by atoms with E-state index in [1.54, 1.807) is 6.33 Å². The molecule has 3 heterocycles. The van der Waals surface area contributed by atoms with Crippen molar-refractivity contribution in [3.8, 4) is 22.8 Å². The molecule has 5 rings (SSSR count). The van der Waals surface area contributed by atoms with E-state index in [4.69, 9.17) is 9.84 Å². The van der Waals surface area contributed by atoms with Gasteiger partial charge in [0.2, 0.25) is 0 Å². The van der Waals surface area contributed by atoms with Crippen LogP contribution in [0, 0.1) is 0 Å². The Bertz CT molecular complexity index is 1090. The molecule has 1 atom stereocenters. The summed E-state index contributed by atoms with van der Waals surface area (Å²) in [4.78, 5) is 11.0. The number of aromatic nitrogens is 4. The number of likely N-dealkylation sites (N-methyl/N-ethyl adjacent to an activating group) is 1. The molecular weight excluding hydrogens is 350 g/mol. The molecule has 1 fully saturated rings. The van der Waals surface area contributed by atoms with Crippen molar-refractivity contribution in [2.75, 3.05) is 13.6 Å². The van der Waals surface area contributed by atoms with E-state index in [0.717, 1.165) is 46.9 Å². The van der Waals surface area contributed by atoms with Crippen LogP contribution in [0.4, 0.5) is 0 Å². The van der Waals surface area contributed by atoms with Crippen LogP contribution < -0.4 is 4.74 Å². The fraction of sp³-hybridized carbons (Fsp3) is 0.227. The number of ether oxygens (including phenoxy) is 1. The van der Waals surface area contributed by atoms with Gasteiger partial charge in [0.15, 0.2) is 5.65 Å². The summed E-state index contributed by atoms with van der Waals surface area (Å²) in [6.07, 6.45) is 4.63. The maximum atomic E-state index is 5.89. The zero-order chi connectivity index (χ0) is 18.9. The van der Waals surface area contributed by atoms with Crippen molar-refractivity contribution in [2.24, 2.45) is 0 Å². The minimum atomic E-state index is 0.521. The minimum absolute atomic E-state index is 0.521. The summed E-state index contributed by atoms with van der Waals surface area (Å²) in [7, 11) is 2.15. The Labute approximate surface area is 163 Å². The van der Waals surface area contributed by atoms with Crippen LogP contribution >= 0.6 is 0 Å². The summed E-state index contributed by atoms with van der Waals surface area (Å²) in [6.45, 7) is 1.99. The van der Waals surface area contributed by atoms with Gasteiger partial charge in [0.25, 0.3) is 0 Å². The van der Waals surface area contributed by atoms with Gasteiger partial charge in [-0.25, -0.2) is 14.6 Å². The molecule has 0 spiro atoms. The molecule has 0 amide bonds. The molecule has 1 unspecified atom stereocenters. The highest BCUT2D eigenvalue weighted by Crippen LogP contribution is 2.30. The normalized spacial score (nSPS) is 16.8. The maximum Gasteiger partial charge on any atom is 0.161 e. The molecule has 2 aromatic heterocycles. The van der Waals surface area contributed by atoms with Crippen LogP contribution in [-0.2, 0) is 6.54 Å². The van der Waals surface area contributed by atoms with Crippen molar-refractivity contribution < 1.29 is 4.74 Å². The van der Waals surface area contributed by atoms with E-state index < -0.39 is 0 Å². The minimum Gasteiger partial charge on any atom is -0.457 e. The van der Waals surface area contributed by atoms with Gasteiger partial charge in [-0.2, -0.15) is 5.10 Å². The van der Waals surface area contributed by atoms with E-state index in [1.165, 1.54) is 6.42 Å². The predicted octanol–water partition coefficient (Wildman–Crippen LogP) is 3.99. The number of nitrogens with zero attached hydrogens (tertiary/aromatic N) is 5. The lowest BCUT2D eigenvalue weighted by molar-refractivity contribution is 0.108. The number of fused-ring (bicyclic) bond motifs is 1. The molecule has 6 nitrogen and oxygen atoms in total. The average molecular weight is 371 g/mol. The summed E-state index contributed by atoms with van der Waals surface area (Å²) < 4.78 is 7.91. The van der Waals surface area contributed by atoms with Gasteiger partial charge in [-0.1, -0.05) is 18.2 Å². The molecule has 0 saturated carbocycles. The molecule has 0 radical (unpaired) electrons. The number of hydrogen-bond donors (Lipinski definition) is 0. The SMILES string of the molecule is CN1CCC1Cn1nc(-c2ccc(Oc3ccccc3)cc2)c2cncnc21. The van der Waals surface area contributed by atoms with E-state index in [2.05, 4.69) is 21.9 Å². The number of hydrogen-bond acceptors (Lipinski definition) is 5. The Balaban J connectivity index is 1.45. The van der Waals surface area contributed by atoms with Gasteiger partial charge in [0.1, 0.15) is 23.5 Å². The van der Waals surface area contributed by atoms with Gasteiger partial charge < -0.3 is 9.64 Å². The quantitative estimate of drug-likeness (QED) is 0.531. The third kappa shape index (κ3) is 3.12. The molecule has 28 heavy (non-hydrogen) atoms. The molecule has 4 aromatic rings. The van der Waals surface area contributed by atoms with Crippen molar-refractivity contribution >= 4 is 11.0 Å². The van der Waals surface area contributed by atoms with E-state index in [9.17, 15) is 0 Å². The van der Waals surface area contributed by atoms with E-state index in [0.29, 0.717) is 6.04 Å². The third-order valence-corrected chi connectivity index (χ3v) is 5.34. The number of rotatable bonds is 5. The second-order valence-corrected chi connectivity index (χ2v) is 7.15. The van der Waals surface area contributed by atoms with Crippen molar-refractivity contribution in [2.45, 2.75) is 19.0 Å². The first-order valence-electron chi connectivity index (χ1n) is 9.48. The molecule has 1 saturated heterocycles. The zero-order valence-corrected chi connectivity index (χ0v) is 15.7. The summed E-state index contributed by atoms with van der Waals surface area (Å²) in [5, 5.41) is 5.85. The molecule has 0 N–H and O–H groups in total.